The monoisotopic (exact) mass is 317 g/mol. The molecule has 2 aromatic carbocycles. The van der Waals surface area contributed by atoms with Gasteiger partial charge in [0.05, 0.1) is 0 Å². The van der Waals surface area contributed by atoms with Crippen LogP contribution in [0.3, 0.4) is 0 Å². The Bertz CT molecular complexity index is 825. The van der Waals surface area contributed by atoms with Gasteiger partial charge in [-0.05, 0) is 23.6 Å². The van der Waals surface area contributed by atoms with Gasteiger partial charge in [0, 0.05) is 30.5 Å². The molecule has 0 radical (unpaired) electrons. The number of rotatable bonds is 2. The molecule has 1 amide bonds. The minimum absolute atomic E-state index is 0.0374. The summed E-state index contributed by atoms with van der Waals surface area (Å²) in [5, 5.41) is 0. The van der Waals surface area contributed by atoms with Crippen molar-refractivity contribution in [3.05, 3.63) is 83.4 Å². The zero-order valence-electron chi connectivity index (χ0n) is 13.4. The zero-order chi connectivity index (χ0) is 16.6. The molecule has 0 aromatic heterocycles. The third-order valence-electron chi connectivity index (χ3n) is 5.15. The third-order valence-corrected chi connectivity index (χ3v) is 5.15. The molecule has 1 saturated heterocycles. The summed E-state index contributed by atoms with van der Waals surface area (Å²) in [6, 6.07) is 17.8. The predicted octanol–water partition coefficient (Wildman–Crippen LogP) is 3.50. The van der Waals surface area contributed by atoms with E-state index >= 15 is 0 Å². The maximum absolute atomic E-state index is 12.8. The lowest BCUT2D eigenvalue weighted by atomic mass is 9.68. The summed E-state index contributed by atoms with van der Waals surface area (Å²) in [5.74, 6) is 0.189. The number of fused-ring (bicyclic) bond motifs is 2. The topological polar surface area (TPSA) is 37.4 Å². The van der Waals surface area contributed by atoms with Crippen LogP contribution in [0.2, 0.25) is 0 Å². The number of amides is 1. The molecular formula is C21H19NO2. The number of hydrogen-bond donors (Lipinski definition) is 0. The summed E-state index contributed by atoms with van der Waals surface area (Å²) in [7, 11) is 0. The molecule has 0 saturated carbocycles. The van der Waals surface area contributed by atoms with Crippen LogP contribution in [0.4, 0.5) is 0 Å². The van der Waals surface area contributed by atoms with E-state index in [0.29, 0.717) is 19.5 Å². The molecule has 0 N–H and O–H groups in total. The minimum atomic E-state index is -0.325. The molecule has 3 nitrogen and oxygen atoms in total. The first kappa shape index (κ1) is 14.9. The number of hydrogen-bond acceptors (Lipinski definition) is 2. The van der Waals surface area contributed by atoms with Crippen LogP contribution in [-0.4, -0.2) is 23.1 Å². The molecule has 1 spiro atoms. The van der Waals surface area contributed by atoms with Gasteiger partial charge in [0.25, 0.3) is 0 Å². The van der Waals surface area contributed by atoms with Crippen LogP contribution in [0.25, 0.3) is 0 Å². The second kappa shape index (κ2) is 5.75. The van der Waals surface area contributed by atoms with E-state index in [1.54, 1.807) is 6.08 Å². The van der Waals surface area contributed by atoms with Gasteiger partial charge in [-0.3, -0.25) is 9.59 Å². The molecule has 2 aromatic rings. The van der Waals surface area contributed by atoms with E-state index in [1.165, 1.54) is 0 Å². The molecule has 1 unspecified atom stereocenters. The zero-order valence-corrected chi connectivity index (χ0v) is 13.4. The maximum atomic E-state index is 12.8. The third kappa shape index (κ3) is 2.46. The van der Waals surface area contributed by atoms with Crippen LogP contribution in [0.5, 0.6) is 0 Å². The van der Waals surface area contributed by atoms with Crippen molar-refractivity contribution in [2.45, 2.75) is 24.8 Å². The highest BCUT2D eigenvalue weighted by Gasteiger charge is 2.42. The molecule has 1 heterocycles. The van der Waals surface area contributed by atoms with E-state index in [-0.39, 0.29) is 17.1 Å². The Morgan fingerprint density at radius 1 is 0.958 bits per heavy atom. The lowest BCUT2D eigenvalue weighted by molar-refractivity contribution is -0.135. The van der Waals surface area contributed by atoms with E-state index in [1.807, 2.05) is 65.6 Å². The molecule has 24 heavy (non-hydrogen) atoms. The summed E-state index contributed by atoms with van der Waals surface area (Å²) in [5.41, 5.74) is 2.57. The van der Waals surface area contributed by atoms with Gasteiger partial charge < -0.3 is 4.90 Å². The number of carbonyl (C=O) groups excluding carboxylic acids is 2. The van der Waals surface area contributed by atoms with Gasteiger partial charge in [-0.15, -0.1) is 0 Å². The fraction of sp³-hybridized carbons (Fsp3) is 0.238. The van der Waals surface area contributed by atoms with E-state index in [0.717, 1.165) is 23.1 Å². The van der Waals surface area contributed by atoms with Crippen molar-refractivity contribution in [2.24, 2.45) is 0 Å². The fourth-order valence-corrected chi connectivity index (χ4v) is 3.82. The van der Waals surface area contributed by atoms with E-state index < -0.39 is 0 Å². The molecule has 4 rings (SSSR count). The van der Waals surface area contributed by atoms with Crippen molar-refractivity contribution in [3.8, 4) is 0 Å². The highest BCUT2D eigenvalue weighted by Crippen LogP contribution is 2.42. The SMILES string of the molecule is O=C1C=CC2(CCN(Cc3ccccc3)C(=O)C2)c2ccccc21. The van der Waals surface area contributed by atoms with E-state index in [9.17, 15) is 9.59 Å². The Kier molecular flexibility index (Phi) is 3.57. The Labute approximate surface area is 141 Å². The van der Waals surface area contributed by atoms with Crippen LogP contribution in [0.15, 0.2) is 66.7 Å². The first-order valence-corrected chi connectivity index (χ1v) is 8.33. The second-order valence-electron chi connectivity index (χ2n) is 6.63. The Morgan fingerprint density at radius 3 is 2.50 bits per heavy atom. The largest absolute Gasteiger partial charge is 0.338 e. The van der Waals surface area contributed by atoms with E-state index in [2.05, 4.69) is 0 Å². The average molecular weight is 317 g/mol. The standard InChI is InChI=1S/C21H19NO2/c23-19-10-11-21(18-9-5-4-8-17(18)19)12-13-22(20(24)14-21)15-16-6-2-1-3-7-16/h1-11H,12-15H2. The molecule has 2 aliphatic rings. The fourth-order valence-electron chi connectivity index (χ4n) is 3.82. The predicted molar refractivity (Wildman–Crippen MR) is 92.7 cm³/mol. The van der Waals surface area contributed by atoms with Crippen molar-refractivity contribution in [3.63, 3.8) is 0 Å². The average Bonchev–Trinajstić information content (AvgIpc) is 2.62. The number of ketones is 1. The van der Waals surface area contributed by atoms with E-state index in [4.69, 9.17) is 0 Å². The van der Waals surface area contributed by atoms with Gasteiger partial charge in [-0.25, -0.2) is 0 Å². The van der Waals surface area contributed by atoms with Crippen LogP contribution in [-0.2, 0) is 16.8 Å². The van der Waals surface area contributed by atoms with Gasteiger partial charge in [-0.2, -0.15) is 0 Å². The summed E-state index contributed by atoms with van der Waals surface area (Å²) in [6.07, 6.45) is 4.88. The molecule has 120 valence electrons. The lowest BCUT2D eigenvalue weighted by Crippen LogP contribution is -2.46. The molecule has 1 aliphatic carbocycles. The second-order valence-corrected chi connectivity index (χ2v) is 6.63. The summed E-state index contributed by atoms with van der Waals surface area (Å²) < 4.78 is 0. The van der Waals surface area contributed by atoms with Crippen LogP contribution in [0.1, 0.15) is 34.3 Å². The lowest BCUT2D eigenvalue weighted by Gasteiger charge is -2.42. The van der Waals surface area contributed by atoms with Gasteiger partial charge in [0.15, 0.2) is 5.78 Å². The summed E-state index contributed by atoms with van der Waals surface area (Å²) in [6.45, 7) is 1.36. The molecular weight excluding hydrogens is 298 g/mol. The number of carbonyl (C=O) groups is 2. The van der Waals surface area contributed by atoms with Gasteiger partial charge >= 0.3 is 0 Å². The molecule has 1 aliphatic heterocycles. The highest BCUT2D eigenvalue weighted by atomic mass is 16.2. The summed E-state index contributed by atoms with van der Waals surface area (Å²) >= 11 is 0. The van der Waals surface area contributed by atoms with Crippen LogP contribution >= 0.6 is 0 Å². The maximum Gasteiger partial charge on any atom is 0.224 e. The first-order valence-electron chi connectivity index (χ1n) is 8.33. The number of benzene rings is 2. The molecule has 0 bridgehead atoms. The Balaban J connectivity index is 1.60. The van der Waals surface area contributed by atoms with Crippen LogP contribution in [0, 0.1) is 0 Å². The smallest absolute Gasteiger partial charge is 0.224 e. The molecule has 3 heteroatoms. The molecule has 1 atom stereocenters. The number of nitrogens with zero attached hydrogens (tertiary/aromatic N) is 1. The van der Waals surface area contributed by atoms with Crippen molar-refractivity contribution in [1.29, 1.82) is 0 Å². The van der Waals surface area contributed by atoms with Crippen molar-refractivity contribution < 1.29 is 9.59 Å². The Hall–Kier alpha value is -2.68. The van der Waals surface area contributed by atoms with Crippen LogP contribution < -0.4 is 0 Å². The van der Waals surface area contributed by atoms with Crippen molar-refractivity contribution in [2.75, 3.05) is 6.54 Å². The number of likely N-dealkylation sites (tertiary alicyclic amines) is 1. The number of piperidine rings is 1. The van der Waals surface area contributed by atoms with Gasteiger partial charge in [-0.1, -0.05) is 60.7 Å². The van der Waals surface area contributed by atoms with Crippen molar-refractivity contribution in [1.82, 2.24) is 4.90 Å². The highest BCUT2D eigenvalue weighted by molar-refractivity contribution is 6.07. The number of allylic oxidation sites excluding steroid dienone is 2. The quantitative estimate of drug-likeness (QED) is 0.850. The first-order chi connectivity index (χ1) is 11.7. The minimum Gasteiger partial charge on any atom is -0.338 e. The van der Waals surface area contributed by atoms with Gasteiger partial charge in [0.2, 0.25) is 5.91 Å². The summed E-state index contributed by atoms with van der Waals surface area (Å²) in [4.78, 5) is 26.8. The normalized spacial score (nSPS) is 22.8. The Morgan fingerprint density at radius 2 is 1.71 bits per heavy atom. The molecule has 1 fully saturated rings. The van der Waals surface area contributed by atoms with Crippen molar-refractivity contribution >= 4 is 11.7 Å². The van der Waals surface area contributed by atoms with Gasteiger partial charge in [0.1, 0.15) is 0 Å².